The fourth-order valence-corrected chi connectivity index (χ4v) is 3.05. The number of methoxy groups -OCH3 is 2. The van der Waals surface area contributed by atoms with Crippen LogP contribution in [0.15, 0.2) is 12.1 Å². The molecule has 2 heterocycles. The van der Waals surface area contributed by atoms with Gasteiger partial charge in [-0.2, -0.15) is 0 Å². The maximum atomic E-state index is 13.7. The van der Waals surface area contributed by atoms with Crippen LogP contribution in [0.2, 0.25) is 0 Å². The van der Waals surface area contributed by atoms with Gasteiger partial charge in [-0.1, -0.05) is 20.1 Å². The third-order valence-corrected chi connectivity index (χ3v) is 4.29. The summed E-state index contributed by atoms with van der Waals surface area (Å²) in [6, 6.07) is 1.24. The molecule has 24 heavy (non-hydrogen) atoms. The van der Waals surface area contributed by atoms with Gasteiger partial charge in [-0.05, 0) is 41.9 Å². The van der Waals surface area contributed by atoms with Crippen LogP contribution in [0.4, 0.5) is 0 Å². The van der Waals surface area contributed by atoms with Crippen molar-refractivity contribution >= 4 is 5.78 Å². The molecular weight excluding hydrogens is 302 g/mol. The van der Waals surface area contributed by atoms with Crippen LogP contribution >= 0.6 is 0 Å². The van der Waals surface area contributed by atoms with Crippen LogP contribution in [0.1, 0.15) is 69.3 Å². The molecule has 0 spiro atoms. The minimum Gasteiger partial charge on any atom is -0.493 e. The van der Waals surface area contributed by atoms with E-state index < -0.39 is 63.2 Å². The molecule has 1 saturated heterocycles. The van der Waals surface area contributed by atoms with E-state index in [-0.39, 0.29) is 30.0 Å². The number of benzene rings is 1. The van der Waals surface area contributed by atoms with Crippen molar-refractivity contribution < 1.29 is 33.5 Å². The van der Waals surface area contributed by atoms with E-state index in [4.69, 9.17) is 28.7 Å². The van der Waals surface area contributed by atoms with E-state index in [0.29, 0.717) is 12.5 Å². The van der Waals surface area contributed by atoms with Crippen LogP contribution in [0.25, 0.3) is 0 Å². The van der Waals surface area contributed by atoms with Crippen molar-refractivity contribution in [1.29, 1.82) is 0 Å². The van der Waals surface area contributed by atoms with Crippen molar-refractivity contribution in [2.24, 2.45) is 11.8 Å². The van der Waals surface area contributed by atoms with Gasteiger partial charge in [0.15, 0.2) is 11.5 Å². The molecule has 3 unspecified atom stereocenters. The Morgan fingerprint density at radius 2 is 2.38 bits per heavy atom. The molecule has 4 nitrogen and oxygen atoms in total. The normalized spacial score (nSPS) is 42.2. The van der Waals surface area contributed by atoms with Gasteiger partial charge in [-0.25, -0.2) is 0 Å². The topological polar surface area (TPSA) is 38.8 Å². The van der Waals surface area contributed by atoms with E-state index in [1.54, 1.807) is 0 Å². The van der Waals surface area contributed by atoms with E-state index in [1.165, 1.54) is 24.1 Å². The molecule has 0 amide bonds. The number of Topliss-reactive ketones (excluding diaryl/α,β-unsaturated/α-hetero) is 1. The summed E-state index contributed by atoms with van der Waals surface area (Å²) >= 11 is 0. The Kier molecular flexibility index (Phi) is 2.08. The number of fused-ring (bicyclic) bond motifs is 3. The summed E-state index contributed by atoms with van der Waals surface area (Å²) in [5.74, 6) is -8.64. The number of carbonyl (C=O) groups excluding carboxylic acids is 1. The zero-order chi connectivity index (χ0) is 29.5. The molecule has 0 N–H and O–H groups in total. The van der Waals surface area contributed by atoms with Crippen molar-refractivity contribution in [3.63, 3.8) is 0 Å². The summed E-state index contributed by atoms with van der Waals surface area (Å²) in [5.41, 5.74) is 0.649. The van der Waals surface area contributed by atoms with Crippen LogP contribution in [0.3, 0.4) is 0 Å². The monoisotopic (exact) mass is 345 g/mol. The highest BCUT2D eigenvalue weighted by atomic mass is 16.5. The summed E-state index contributed by atoms with van der Waals surface area (Å²) in [6.45, 7) is -3.78. The van der Waals surface area contributed by atoms with Gasteiger partial charge in [-0.15, -0.1) is 0 Å². The van der Waals surface area contributed by atoms with E-state index in [0.717, 1.165) is 0 Å². The molecule has 0 bridgehead atoms. The number of hydrogen-bond donors (Lipinski definition) is 0. The smallest absolute Gasteiger partial charge is 0.161 e. The molecule has 0 aromatic heterocycles. The summed E-state index contributed by atoms with van der Waals surface area (Å²) in [7, 11) is -1.59. The molecule has 0 saturated carbocycles. The zero-order valence-corrected chi connectivity index (χ0v) is 13.5. The second-order valence-electron chi connectivity index (χ2n) is 5.63. The molecule has 132 valence electrons. The molecule has 2 aliphatic heterocycles. The van der Waals surface area contributed by atoms with E-state index in [9.17, 15) is 4.79 Å². The van der Waals surface area contributed by atoms with E-state index in [2.05, 4.69) is 0 Å². The third-order valence-electron chi connectivity index (χ3n) is 4.29. The van der Waals surface area contributed by atoms with Gasteiger partial charge in [0.05, 0.1) is 18.3 Å². The number of ether oxygens (including phenoxy) is 2. The van der Waals surface area contributed by atoms with Gasteiger partial charge >= 0.3 is 0 Å². The van der Waals surface area contributed by atoms with Gasteiger partial charge in [0.25, 0.3) is 0 Å². The maximum absolute atomic E-state index is 13.7. The van der Waals surface area contributed by atoms with Crippen molar-refractivity contribution in [3.8, 4) is 11.5 Å². The van der Waals surface area contributed by atoms with Crippen LogP contribution in [-0.2, 0) is 11.2 Å². The maximum Gasteiger partial charge on any atom is 0.161 e. The fourth-order valence-electron chi connectivity index (χ4n) is 3.05. The second kappa shape index (κ2) is 7.14. The summed E-state index contributed by atoms with van der Waals surface area (Å²) < 4.78 is 124. The molecule has 4 heteroatoms. The first-order chi connectivity index (χ1) is 16.9. The van der Waals surface area contributed by atoms with Gasteiger partial charge in [0.1, 0.15) is 5.78 Å². The van der Waals surface area contributed by atoms with Crippen LogP contribution in [0.5, 0.6) is 11.5 Å². The van der Waals surface area contributed by atoms with Crippen LogP contribution < -0.4 is 9.47 Å². The number of hydrogen-bond acceptors (Lipinski definition) is 4. The highest BCUT2D eigenvalue weighted by Gasteiger charge is 2.38. The van der Waals surface area contributed by atoms with Gasteiger partial charge in [0, 0.05) is 46.5 Å². The molecule has 0 radical (unpaired) electrons. The highest BCUT2D eigenvalue weighted by molar-refractivity contribution is 5.83. The fraction of sp³-hybridized carbons (Fsp3) is 0.650. The summed E-state index contributed by atoms with van der Waals surface area (Å²) in [5, 5.41) is 0. The van der Waals surface area contributed by atoms with Crippen LogP contribution in [-0.4, -0.2) is 37.9 Å². The third kappa shape index (κ3) is 3.16. The van der Waals surface area contributed by atoms with Crippen LogP contribution in [0, 0.1) is 11.8 Å². The Morgan fingerprint density at radius 3 is 3.08 bits per heavy atom. The van der Waals surface area contributed by atoms with Crippen molar-refractivity contribution in [2.75, 3.05) is 27.2 Å². The SMILES string of the molecule is [2H]C([2H])([2H])Oc1cc2c(cc1OC)CCN1CC([2H])(C([2H])([2H])C([2H])(C([2H])([2H])[2H])C([2H])([2H])C)C(=O)C([2H])([2H])C21. The molecule has 0 aliphatic carbocycles. The van der Waals surface area contributed by atoms with Crippen molar-refractivity contribution in [3.05, 3.63) is 23.3 Å². The largest absolute Gasteiger partial charge is 0.493 e. The number of piperidine rings is 1. The molecule has 1 aromatic carbocycles. The molecule has 1 aromatic rings. The Bertz CT molecular complexity index is 1100. The molecule has 2 aliphatic rings. The standard InChI is InChI=1S/C20H29NO3/c1-5-13(2)8-15-12-21-7-6-14-9-19(23-3)20(24-4)10-16(14)17(21)11-18(15)22/h9-10,13,15,17H,5-8,11-12H2,1-4H3/i2D3,4D3,5D2,8D2,11D2,13D,15D. The lowest BCUT2D eigenvalue weighted by Gasteiger charge is -2.43. The molecular formula is C20H29NO3. The number of ketones is 1. The molecule has 3 rings (SSSR count). The Balaban J connectivity index is 2.19. The minimum absolute atomic E-state index is 0.00157. The van der Waals surface area contributed by atoms with Gasteiger partial charge < -0.3 is 9.47 Å². The first-order valence-corrected chi connectivity index (χ1v) is 7.55. The quantitative estimate of drug-likeness (QED) is 0.817. The first kappa shape index (κ1) is 6.99. The summed E-state index contributed by atoms with van der Waals surface area (Å²) in [4.78, 5) is 14.9. The zero-order valence-electron chi connectivity index (χ0n) is 27.5. The lowest BCUT2D eigenvalue weighted by atomic mass is 9.79. The Morgan fingerprint density at radius 1 is 1.54 bits per heavy atom. The number of rotatable bonds is 5. The molecule has 3 atom stereocenters. The minimum atomic E-state index is -3.69. The lowest BCUT2D eigenvalue weighted by Crippen LogP contribution is -2.46. The highest BCUT2D eigenvalue weighted by Crippen LogP contribution is 2.42. The Hall–Kier alpha value is -1.55. The van der Waals surface area contributed by atoms with Crippen molar-refractivity contribution in [1.82, 2.24) is 4.90 Å². The average molecular weight is 346 g/mol. The average Bonchev–Trinajstić information content (AvgIpc) is 2.73. The first-order valence-electron chi connectivity index (χ1n) is 14.6. The van der Waals surface area contributed by atoms with Crippen molar-refractivity contribution in [2.45, 2.75) is 45.4 Å². The predicted molar refractivity (Wildman–Crippen MR) is 94.8 cm³/mol. The predicted octanol–water partition coefficient (Wildman–Crippen LogP) is 3.63. The Labute approximate surface area is 164 Å². The lowest BCUT2D eigenvalue weighted by molar-refractivity contribution is -0.129. The van der Waals surface area contributed by atoms with Gasteiger partial charge in [0.2, 0.25) is 0 Å². The van der Waals surface area contributed by atoms with E-state index in [1.807, 2.05) is 0 Å². The van der Waals surface area contributed by atoms with E-state index >= 15 is 0 Å². The molecule has 1 fully saturated rings. The van der Waals surface area contributed by atoms with Gasteiger partial charge in [-0.3, -0.25) is 9.69 Å². The summed E-state index contributed by atoms with van der Waals surface area (Å²) in [6.07, 6.45) is -9.58. The number of carbonyl (C=O) groups is 1. The number of nitrogens with zero attached hydrogens (tertiary/aromatic N) is 1. The second-order valence-corrected chi connectivity index (χ2v) is 5.63.